The predicted octanol–water partition coefficient (Wildman–Crippen LogP) is 4.23. The number of benzene rings is 2. The number of ketones is 1. The van der Waals surface area contributed by atoms with Crippen LogP contribution in [0.3, 0.4) is 0 Å². The fraction of sp³-hybridized carbons (Fsp3) is 0.105. The van der Waals surface area contributed by atoms with Gasteiger partial charge in [0.1, 0.15) is 0 Å². The molecule has 0 fully saturated rings. The molecule has 0 aliphatic rings. The molecule has 0 amide bonds. The number of hydrogen-bond acceptors (Lipinski definition) is 5. The van der Waals surface area contributed by atoms with Gasteiger partial charge in [-0.3, -0.25) is 14.9 Å². The van der Waals surface area contributed by atoms with Crippen LogP contribution in [0.1, 0.15) is 23.0 Å². The summed E-state index contributed by atoms with van der Waals surface area (Å²) < 4.78 is 0. The topological polar surface area (TPSA) is 86.0 Å². The summed E-state index contributed by atoms with van der Waals surface area (Å²) in [6.45, 7) is 3.18. The Bertz CT molecular complexity index is 969. The number of non-ortho nitro benzene ring substituents is 1. The molecule has 0 atom stereocenters. The van der Waals surface area contributed by atoms with Crippen LogP contribution in [0.25, 0.3) is 22.6 Å². The van der Waals surface area contributed by atoms with Gasteiger partial charge in [0.25, 0.3) is 5.69 Å². The summed E-state index contributed by atoms with van der Waals surface area (Å²) in [5.74, 6) is 0.295. The number of nitro benzene ring substituents is 1. The van der Waals surface area contributed by atoms with E-state index in [1.165, 1.54) is 19.1 Å². The van der Waals surface area contributed by atoms with Gasteiger partial charge in [-0.1, -0.05) is 42.5 Å². The van der Waals surface area contributed by atoms with Gasteiger partial charge in [-0.2, -0.15) is 0 Å². The molecule has 1 aromatic heterocycles. The van der Waals surface area contributed by atoms with Crippen molar-refractivity contribution >= 4 is 11.5 Å². The Balaban J connectivity index is 2.26. The molecule has 0 saturated heterocycles. The fourth-order valence-electron chi connectivity index (χ4n) is 2.69. The van der Waals surface area contributed by atoms with Gasteiger partial charge in [0.2, 0.25) is 0 Å². The van der Waals surface area contributed by atoms with Crippen LogP contribution < -0.4 is 0 Å². The molecule has 0 bridgehead atoms. The van der Waals surface area contributed by atoms with Crippen molar-refractivity contribution in [3.63, 3.8) is 0 Å². The van der Waals surface area contributed by atoms with E-state index in [0.29, 0.717) is 28.3 Å². The zero-order valence-electron chi connectivity index (χ0n) is 13.8. The number of Topliss-reactive ketones (excluding diaryl/α,β-unsaturated/α-hetero) is 1. The SMILES string of the molecule is CC(=O)c1c(C)nc(-c2ccccc2)nc1-c1cccc([N+](=O)[O-])c1. The van der Waals surface area contributed by atoms with E-state index in [4.69, 9.17) is 0 Å². The molecule has 124 valence electrons. The first-order chi connectivity index (χ1) is 12.0. The smallest absolute Gasteiger partial charge is 0.270 e. The molecule has 1 heterocycles. The Morgan fingerprint density at radius 2 is 1.68 bits per heavy atom. The van der Waals surface area contributed by atoms with E-state index in [1.54, 1.807) is 19.1 Å². The Morgan fingerprint density at radius 3 is 2.32 bits per heavy atom. The van der Waals surface area contributed by atoms with Crippen LogP contribution >= 0.6 is 0 Å². The molecule has 0 unspecified atom stereocenters. The van der Waals surface area contributed by atoms with Gasteiger partial charge in [-0.25, -0.2) is 9.97 Å². The number of rotatable bonds is 4. The van der Waals surface area contributed by atoms with Gasteiger partial charge in [0, 0.05) is 23.3 Å². The Morgan fingerprint density at radius 1 is 1.00 bits per heavy atom. The van der Waals surface area contributed by atoms with E-state index in [0.717, 1.165) is 5.56 Å². The van der Waals surface area contributed by atoms with E-state index in [1.807, 2.05) is 30.3 Å². The van der Waals surface area contributed by atoms with Crippen molar-refractivity contribution in [2.24, 2.45) is 0 Å². The van der Waals surface area contributed by atoms with Gasteiger partial charge >= 0.3 is 0 Å². The van der Waals surface area contributed by atoms with Crippen LogP contribution in [-0.2, 0) is 0 Å². The summed E-state index contributed by atoms with van der Waals surface area (Å²) in [4.78, 5) is 31.7. The van der Waals surface area contributed by atoms with Crippen LogP contribution in [0, 0.1) is 17.0 Å². The molecule has 6 heteroatoms. The summed E-state index contributed by atoms with van der Waals surface area (Å²) in [6, 6.07) is 15.5. The van der Waals surface area contributed by atoms with Crippen molar-refractivity contribution in [3.8, 4) is 22.6 Å². The number of carbonyl (C=O) groups is 1. The second-order valence-electron chi connectivity index (χ2n) is 5.59. The summed E-state index contributed by atoms with van der Waals surface area (Å²) in [5, 5.41) is 11.1. The maximum Gasteiger partial charge on any atom is 0.270 e. The molecule has 3 aromatic rings. The lowest BCUT2D eigenvalue weighted by Gasteiger charge is -2.12. The highest BCUT2D eigenvalue weighted by atomic mass is 16.6. The number of hydrogen-bond donors (Lipinski definition) is 0. The van der Waals surface area contributed by atoms with Crippen LogP contribution in [0.15, 0.2) is 54.6 Å². The highest BCUT2D eigenvalue weighted by Gasteiger charge is 2.19. The van der Waals surface area contributed by atoms with Crippen LogP contribution in [0.5, 0.6) is 0 Å². The Kier molecular flexibility index (Phi) is 4.35. The van der Waals surface area contributed by atoms with Crippen molar-refractivity contribution in [3.05, 3.63) is 76.0 Å². The molecule has 3 rings (SSSR count). The lowest BCUT2D eigenvalue weighted by atomic mass is 10.0. The van der Waals surface area contributed by atoms with E-state index in [-0.39, 0.29) is 11.5 Å². The van der Waals surface area contributed by atoms with Gasteiger partial charge in [-0.05, 0) is 13.8 Å². The first-order valence-electron chi connectivity index (χ1n) is 7.67. The Hall–Kier alpha value is -3.41. The molecule has 6 nitrogen and oxygen atoms in total. The summed E-state index contributed by atoms with van der Waals surface area (Å²) in [5.41, 5.74) is 2.60. The number of nitrogens with zero attached hydrogens (tertiary/aromatic N) is 3. The first kappa shape index (κ1) is 16.4. The minimum absolute atomic E-state index is 0.0514. The zero-order chi connectivity index (χ0) is 18.0. The van der Waals surface area contributed by atoms with Crippen molar-refractivity contribution in [2.45, 2.75) is 13.8 Å². The maximum absolute atomic E-state index is 12.1. The van der Waals surface area contributed by atoms with Crippen LogP contribution in [0.2, 0.25) is 0 Å². The molecule has 0 aliphatic carbocycles. The quantitative estimate of drug-likeness (QED) is 0.405. The second kappa shape index (κ2) is 6.60. The fourth-order valence-corrected chi connectivity index (χ4v) is 2.69. The van der Waals surface area contributed by atoms with Crippen molar-refractivity contribution < 1.29 is 9.72 Å². The number of nitro groups is 1. The molecular formula is C19H15N3O3. The largest absolute Gasteiger partial charge is 0.294 e. The minimum Gasteiger partial charge on any atom is -0.294 e. The van der Waals surface area contributed by atoms with E-state index in [2.05, 4.69) is 9.97 Å². The first-order valence-corrected chi connectivity index (χ1v) is 7.67. The summed E-state index contributed by atoms with van der Waals surface area (Å²) >= 11 is 0. The normalized spacial score (nSPS) is 10.5. The molecular weight excluding hydrogens is 318 g/mol. The average Bonchev–Trinajstić information content (AvgIpc) is 2.61. The highest BCUT2D eigenvalue weighted by molar-refractivity contribution is 6.01. The van der Waals surface area contributed by atoms with Crippen LogP contribution in [-0.4, -0.2) is 20.7 Å². The van der Waals surface area contributed by atoms with Gasteiger partial charge in [0.05, 0.1) is 21.9 Å². The third-order valence-corrected chi connectivity index (χ3v) is 3.80. The lowest BCUT2D eigenvalue weighted by molar-refractivity contribution is -0.384. The number of carbonyl (C=O) groups excluding carboxylic acids is 1. The van der Waals surface area contributed by atoms with Gasteiger partial charge in [-0.15, -0.1) is 0 Å². The third kappa shape index (κ3) is 3.28. The van der Waals surface area contributed by atoms with Crippen LogP contribution in [0.4, 0.5) is 5.69 Å². The van der Waals surface area contributed by atoms with Gasteiger partial charge < -0.3 is 0 Å². The third-order valence-electron chi connectivity index (χ3n) is 3.80. The van der Waals surface area contributed by atoms with Crippen molar-refractivity contribution in [2.75, 3.05) is 0 Å². The molecule has 0 N–H and O–H groups in total. The standard InChI is InChI=1S/C19H15N3O3/c1-12-17(13(2)23)18(15-9-6-10-16(11-15)22(24)25)21-19(20-12)14-7-4-3-5-8-14/h3-11H,1-2H3. The highest BCUT2D eigenvalue weighted by Crippen LogP contribution is 2.29. The van der Waals surface area contributed by atoms with E-state index >= 15 is 0 Å². The lowest BCUT2D eigenvalue weighted by Crippen LogP contribution is -2.07. The number of aryl methyl sites for hydroxylation is 1. The summed E-state index contributed by atoms with van der Waals surface area (Å²) in [6.07, 6.45) is 0. The van der Waals surface area contributed by atoms with Crippen molar-refractivity contribution in [1.82, 2.24) is 9.97 Å². The van der Waals surface area contributed by atoms with Crippen molar-refractivity contribution in [1.29, 1.82) is 0 Å². The average molecular weight is 333 g/mol. The monoisotopic (exact) mass is 333 g/mol. The molecule has 0 spiro atoms. The summed E-state index contributed by atoms with van der Waals surface area (Å²) in [7, 11) is 0. The molecule has 0 aliphatic heterocycles. The molecule has 25 heavy (non-hydrogen) atoms. The molecule has 0 radical (unpaired) electrons. The maximum atomic E-state index is 12.1. The minimum atomic E-state index is -0.469. The second-order valence-corrected chi connectivity index (χ2v) is 5.59. The van der Waals surface area contributed by atoms with E-state index in [9.17, 15) is 14.9 Å². The molecule has 2 aromatic carbocycles. The molecule has 0 saturated carbocycles. The van der Waals surface area contributed by atoms with Gasteiger partial charge in [0.15, 0.2) is 11.6 Å². The zero-order valence-corrected chi connectivity index (χ0v) is 13.8. The van der Waals surface area contributed by atoms with E-state index < -0.39 is 4.92 Å². The Labute approximate surface area is 144 Å². The number of aromatic nitrogens is 2. The predicted molar refractivity (Wildman–Crippen MR) is 94.3 cm³/mol.